The van der Waals surface area contributed by atoms with Gasteiger partial charge >= 0.3 is 0 Å². The van der Waals surface area contributed by atoms with Gasteiger partial charge in [0.25, 0.3) is 0 Å². The number of ether oxygens (including phenoxy) is 1. The topological polar surface area (TPSA) is 39.2 Å². The van der Waals surface area contributed by atoms with Crippen molar-refractivity contribution in [3.8, 4) is 11.6 Å². The first-order valence-electron chi connectivity index (χ1n) is 5.52. The Morgan fingerprint density at radius 1 is 1.18 bits per heavy atom. The first-order valence-corrected chi connectivity index (χ1v) is 5.52. The monoisotopic (exact) mass is 227 g/mol. The Bertz CT molecular complexity index is 509. The van der Waals surface area contributed by atoms with Crippen LogP contribution in [-0.4, -0.2) is 10.8 Å². The lowest BCUT2D eigenvalue weighted by atomic mass is 10.1. The summed E-state index contributed by atoms with van der Waals surface area (Å²) in [6.45, 7) is 1.82. The minimum atomic E-state index is 0.0315. The van der Waals surface area contributed by atoms with Crippen LogP contribution in [0.5, 0.6) is 11.6 Å². The number of nitrogens with zero attached hydrogens (tertiary/aromatic N) is 1. The van der Waals surface area contributed by atoms with E-state index in [2.05, 4.69) is 4.98 Å². The first-order chi connectivity index (χ1) is 8.31. The van der Waals surface area contributed by atoms with E-state index in [1.54, 1.807) is 18.3 Å². The third kappa shape index (κ3) is 2.69. The summed E-state index contributed by atoms with van der Waals surface area (Å²) >= 11 is 0. The van der Waals surface area contributed by atoms with Crippen molar-refractivity contribution in [3.63, 3.8) is 0 Å². The van der Waals surface area contributed by atoms with Crippen molar-refractivity contribution in [3.05, 3.63) is 54.2 Å². The van der Waals surface area contributed by atoms with E-state index in [0.717, 1.165) is 0 Å². The van der Waals surface area contributed by atoms with Crippen LogP contribution in [0.15, 0.2) is 48.7 Å². The van der Waals surface area contributed by atoms with E-state index in [4.69, 9.17) is 4.74 Å². The number of hydrogen-bond acceptors (Lipinski definition) is 3. The summed E-state index contributed by atoms with van der Waals surface area (Å²) in [5.41, 5.74) is 0.527. The average molecular weight is 227 g/mol. The van der Waals surface area contributed by atoms with Gasteiger partial charge in [-0.2, -0.15) is 0 Å². The smallest absolute Gasteiger partial charge is 0.230 e. The van der Waals surface area contributed by atoms with Gasteiger partial charge in [-0.05, 0) is 24.3 Å². The zero-order valence-electron chi connectivity index (χ0n) is 9.59. The van der Waals surface area contributed by atoms with E-state index in [9.17, 15) is 4.79 Å². The second-order valence-corrected chi connectivity index (χ2v) is 3.55. The first kappa shape index (κ1) is 11.3. The molecule has 17 heavy (non-hydrogen) atoms. The molecule has 0 spiro atoms. The number of rotatable bonds is 4. The minimum absolute atomic E-state index is 0.0315. The number of hydrogen-bond donors (Lipinski definition) is 0. The molecule has 0 atom stereocenters. The second-order valence-electron chi connectivity index (χ2n) is 3.55. The predicted octanol–water partition coefficient (Wildman–Crippen LogP) is 3.47. The van der Waals surface area contributed by atoms with Gasteiger partial charge in [-0.1, -0.05) is 25.1 Å². The molecule has 3 heteroatoms. The number of benzene rings is 1. The number of Topliss-reactive ketones (excluding diaryl/α,β-unsaturated/α-hetero) is 1. The highest BCUT2D eigenvalue weighted by molar-refractivity contribution is 5.97. The molecule has 0 saturated carbocycles. The molecule has 3 nitrogen and oxygen atoms in total. The number of aromatic nitrogens is 1. The van der Waals surface area contributed by atoms with Crippen LogP contribution < -0.4 is 4.74 Å². The molecule has 0 aliphatic rings. The summed E-state index contributed by atoms with van der Waals surface area (Å²) in [5, 5.41) is 0. The zero-order valence-corrected chi connectivity index (χ0v) is 9.59. The van der Waals surface area contributed by atoms with Crippen LogP contribution in [0.2, 0.25) is 0 Å². The van der Waals surface area contributed by atoms with Crippen LogP contribution in [0.4, 0.5) is 0 Å². The molecule has 1 aromatic carbocycles. The van der Waals surface area contributed by atoms with Gasteiger partial charge in [0, 0.05) is 12.6 Å². The number of pyridine rings is 1. The van der Waals surface area contributed by atoms with E-state index < -0.39 is 0 Å². The molecule has 1 aromatic heterocycles. The number of carbonyl (C=O) groups is 1. The Morgan fingerprint density at radius 3 is 2.65 bits per heavy atom. The van der Waals surface area contributed by atoms with Gasteiger partial charge in [0.15, 0.2) is 5.78 Å². The Balaban J connectivity index is 2.30. The largest absolute Gasteiger partial charge is 0.438 e. The Hall–Kier alpha value is -2.16. The van der Waals surface area contributed by atoms with Crippen molar-refractivity contribution in [2.75, 3.05) is 0 Å². The lowest BCUT2D eigenvalue weighted by Crippen LogP contribution is -2.01. The molecule has 0 amide bonds. The third-order valence-electron chi connectivity index (χ3n) is 2.35. The maximum Gasteiger partial charge on any atom is 0.230 e. The van der Waals surface area contributed by atoms with Crippen molar-refractivity contribution < 1.29 is 9.53 Å². The highest BCUT2D eigenvalue weighted by Gasteiger charge is 2.11. The van der Waals surface area contributed by atoms with E-state index in [1.165, 1.54) is 0 Å². The molecule has 0 aliphatic heterocycles. The SMILES string of the molecule is CCC(=O)c1cccnc1Oc1ccccc1. The molecule has 2 aromatic rings. The Morgan fingerprint density at radius 2 is 1.94 bits per heavy atom. The van der Waals surface area contributed by atoms with E-state index in [0.29, 0.717) is 23.6 Å². The standard InChI is InChI=1S/C14H13NO2/c1-2-13(16)12-9-6-10-15-14(12)17-11-7-4-3-5-8-11/h3-10H,2H2,1H3. The zero-order chi connectivity index (χ0) is 12.1. The van der Waals surface area contributed by atoms with Gasteiger partial charge < -0.3 is 4.74 Å². The molecular formula is C14H13NO2. The summed E-state index contributed by atoms with van der Waals surface area (Å²) < 4.78 is 5.60. The van der Waals surface area contributed by atoms with Crippen molar-refractivity contribution in [1.82, 2.24) is 4.98 Å². The number of carbonyl (C=O) groups excluding carboxylic acids is 1. The van der Waals surface area contributed by atoms with Crippen molar-refractivity contribution in [1.29, 1.82) is 0 Å². The molecule has 0 saturated heterocycles. The molecule has 0 bridgehead atoms. The molecule has 0 N–H and O–H groups in total. The predicted molar refractivity (Wildman–Crippen MR) is 65.4 cm³/mol. The second kappa shape index (κ2) is 5.25. The summed E-state index contributed by atoms with van der Waals surface area (Å²) in [5.74, 6) is 1.07. The summed E-state index contributed by atoms with van der Waals surface area (Å²) in [7, 11) is 0. The van der Waals surface area contributed by atoms with Gasteiger partial charge in [-0.25, -0.2) is 4.98 Å². The van der Waals surface area contributed by atoms with Crippen LogP contribution in [-0.2, 0) is 0 Å². The Kier molecular flexibility index (Phi) is 3.50. The van der Waals surface area contributed by atoms with Crippen molar-refractivity contribution >= 4 is 5.78 Å². The highest BCUT2D eigenvalue weighted by Crippen LogP contribution is 2.23. The lowest BCUT2D eigenvalue weighted by molar-refractivity contribution is 0.0985. The van der Waals surface area contributed by atoms with Gasteiger partial charge in [-0.15, -0.1) is 0 Å². The fourth-order valence-electron chi connectivity index (χ4n) is 1.47. The van der Waals surface area contributed by atoms with Gasteiger partial charge in [0.2, 0.25) is 5.88 Å². The fourth-order valence-corrected chi connectivity index (χ4v) is 1.47. The van der Waals surface area contributed by atoms with E-state index in [1.807, 2.05) is 37.3 Å². The maximum atomic E-state index is 11.7. The third-order valence-corrected chi connectivity index (χ3v) is 2.35. The molecule has 0 radical (unpaired) electrons. The molecular weight excluding hydrogens is 214 g/mol. The number of ketones is 1. The molecule has 1 heterocycles. The van der Waals surface area contributed by atoms with Crippen LogP contribution in [0.25, 0.3) is 0 Å². The van der Waals surface area contributed by atoms with Gasteiger partial charge in [0.05, 0.1) is 5.56 Å². The summed E-state index contributed by atoms with van der Waals surface area (Å²) in [6.07, 6.45) is 2.06. The van der Waals surface area contributed by atoms with Crippen molar-refractivity contribution in [2.45, 2.75) is 13.3 Å². The van der Waals surface area contributed by atoms with Crippen LogP contribution in [0.1, 0.15) is 23.7 Å². The lowest BCUT2D eigenvalue weighted by Gasteiger charge is -2.07. The molecule has 0 unspecified atom stereocenters. The fraction of sp³-hybridized carbons (Fsp3) is 0.143. The summed E-state index contributed by atoms with van der Waals surface area (Å²) in [6, 6.07) is 12.8. The highest BCUT2D eigenvalue weighted by atomic mass is 16.5. The average Bonchev–Trinajstić information content (AvgIpc) is 2.40. The summed E-state index contributed by atoms with van der Waals surface area (Å²) in [4.78, 5) is 15.8. The van der Waals surface area contributed by atoms with E-state index >= 15 is 0 Å². The van der Waals surface area contributed by atoms with E-state index in [-0.39, 0.29) is 5.78 Å². The van der Waals surface area contributed by atoms with Crippen LogP contribution in [0.3, 0.4) is 0 Å². The maximum absolute atomic E-state index is 11.7. The van der Waals surface area contributed by atoms with Gasteiger partial charge in [-0.3, -0.25) is 4.79 Å². The number of para-hydroxylation sites is 1. The Labute approximate surface area is 100 Å². The van der Waals surface area contributed by atoms with Crippen LogP contribution in [0, 0.1) is 0 Å². The normalized spacial score (nSPS) is 9.94. The molecule has 0 fully saturated rings. The van der Waals surface area contributed by atoms with Crippen LogP contribution >= 0.6 is 0 Å². The minimum Gasteiger partial charge on any atom is -0.438 e. The van der Waals surface area contributed by atoms with Crippen molar-refractivity contribution in [2.24, 2.45) is 0 Å². The molecule has 86 valence electrons. The molecule has 0 aliphatic carbocycles. The molecule has 2 rings (SSSR count). The van der Waals surface area contributed by atoms with Gasteiger partial charge in [0.1, 0.15) is 5.75 Å². The quantitative estimate of drug-likeness (QED) is 0.751.